The summed E-state index contributed by atoms with van der Waals surface area (Å²) in [7, 11) is -3.01. The molecule has 1 aromatic heterocycles. The largest absolute Gasteiger partial charge is 0.386 e. The number of piperidine rings is 1. The van der Waals surface area contributed by atoms with E-state index in [1.165, 1.54) is 6.26 Å². The van der Waals surface area contributed by atoms with Crippen LogP contribution in [0.1, 0.15) is 24.0 Å². The van der Waals surface area contributed by atoms with E-state index < -0.39 is 9.84 Å². The molecule has 216 valence electrons. The number of aromatic nitrogens is 1. The van der Waals surface area contributed by atoms with Crippen LogP contribution in [0.15, 0.2) is 77.9 Å². The molecule has 3 aliphatic rings. The van der Waals surface area contributed by atoms with E-state index in [-0.39, 0.29) is 10.8 Å². The summed E-state index contributed by atoms with van der Waals surface area (Å²) in [5, 5.41) is 1.49. The standard InChI is InChI=1S/C30H35N5O5S/c1-41(37,38)28-11-13-32(14-12-28)26-4-2-3-23(19-26)20-34-21-27(9-10-30(34)36)35-22-29(40-31-35)24-5-7-25(8-6-24)33-15-17-39-18-16-33/h2-10,19,21-22,28,31H,11-18,20H2,1H3. The van der Waals surface area contributed by atoms with Gasteiger partial charge in [0.2, 0.25) is 0 Å². The van der Waals surface area contributed by atoms with E-state index in [0.29, 0.717) is 38.2 Å². The van der Waals surface area contributed by atoms with Crippen molar-refractivity contribution in [3.8, 4) is 0 Å². The van der Waals surface area contributed by atoms with Gasteiger partial charge in [-0.25, -0.2) is 13.4 Å². The van der Waals surface area contributed by atoms with Gasteiger partial charge in [0, 0.05) is 61.6 Å². The highest BCUT2D eigenvalue weighted by atomic mass is 32.2. The van der Waals surface area contributed by atoms with Gasteiger partial charge in [-0.05, 0) is 60.9 Å². The van der Waals surface area contributed by atoms with E-state index in [9.17, 15) is 13.2 Å². The molecular formula is C30H35N5O5S. The predicted octanol–water partition coefficient (Wildman–Crippen LogP) is 3.00. The van der Waals surface area contributed by atoms with E-state index in [1.807, 2.05) is 42.7 Å². The Morgan fingerprint density at radius 1 is 0.878 bits per heavy atom. The summed E-state index contributed by atoms with van der Waals surface area (Å²) in [6, 6.07) is 19.7. The molecule has 0 unspecified atom stereocenters. The number of rotatable bonds is 7. The number of ether oxygens (including phenoxy) is 1. The number of anilines is 3. The summed E-state index contributed by atoms with van der Waals surface area (Å²) in [4.78, 5) is 23.0. The lowest BCUT2D eigenvalue weighted by Gasteiger charge is -2.33. The molecule has 0 atom stereocenters. The van der Waals surface area contributed by atoms with Gasteiger partial charge < -0.3 is 23.9 Å². The minimum atomic E-state index is -3.01. The Morgan fingerprint density at radius 2 is 1.59 bits per heavy atom. The van der Waals surface area contributed by atoms with Gasteiger partial charge in [-0.15, -0.1) is 0 Å². The summed E-state index contributed by atoms with van der Waals surface area (Å²) in [5.74, 6) is 0.684. The summed E-state index contributed by atoms with van der Waals surface area (Å²) < 4.78 is 31.0. The second kappa shape index (κ2) is 11.6. The first-order chi connectivity index (χ1) is 19.8. The van der Waals surface area contributed by atoms with Crippen molar-refractivity contribution in [1.29, 1.82) is 0 Å². The third-order valence-corrected chi connectivity index (χ3v) is 9.63. The Labute approximate surface area is 240 Å². The first-order valence-corrected chi connectivity index (χ1v) is 15.9. The van der Waals surface area contributed by atoms with E-state index in [2.05, 4.69) is 33.6 Å². The van der Waals surface area contributed by atoms with Gasteiger partial charge in [0.25, 0.3) is 5.56 Å². The number of hydrazine groups is 1. The third-order valence-electron chi connectivity index (χ3n) is 7.95. The topological polar surface area (TPSA) is 96.4 Å². The first-order valence-electron chi connectivity index (χ1n) is 13.9. The molecule has 0 aliphatic carbocycles. The Hall–Kier alpha value is -3.80. The predicted molar refractivity (Wildman–Crippen MR) is 160 cm³/mol. The van der Waals surface area contributed by atoms with Gasteiger partial charge in [0.15, 0.2) is 5.76 Å². The maximum Gasteiger partial charge on any atom is 0.250 e. The molecule has 0 radical (unpaired) electrons. The zero-order valence-electron chi connectivity index (χ0n) is 23.1. The van der Waals surface area contributed by atoms with E-state index in [4.69, 9.17) is 9.57 Å². The molecule has 0 saturated carbocycles. The number of hydrogen-bond acceptors (Lipinski definition) is 9. The van der Waals surface area contributed by atoms with Crippen LogP contribution in [0.4, 0.5) is 17.1 Å². The molecular weight excluding hydrogens is 542 g/mol. The zero-order chi connectivity index (χ0) is 28.4. The lowest BCUT2D eigenvalue weighted by Crippen LogP contribution is -2.39. The molecule has 0 spiro atoms. The summed E-state index contributed by atoms with van der Waals surface area (Å²) in [5.41, 5.74) is 7.74. The van der Waals surface area contributed by atoms with Crippen LogP contribution in [0, 0.1) is 0 Å². The normalized spacial score (nSPS) is 18.4. The average Bonchev–Trinajstić information content (AvgIpc) is 3.49. The highest BCUT2D eigenvalue weighted by Gasteiger charge is 2.27. The van der Waals surface area contributed by atoms with Crippen LogP contribution in [-0.4, -0.2) is 63.9 Å². The molecule has 3 aliphatic heterocycles. The Morgan fingerprint density at radius 3 is 2.32 bits per heavy atom. The van der Waals surface area contributed by atoms with E-state index >= 15 is 0 Å². The molecule has 0 amide bonds. The number of sulfone groups is 1. The molecule has 4 heterocycles. The smallest absolute Gasteiger partial charge is 0.250 e. The van der Waals surface area contributed by atoms with Crippen LogP contribution in [0.2, 0.25) is 0 Å². The quantitative estimate of drug-likeness (QED) is 0.455. The average molecular weight is 578 g/mol. The Kier molecular flexibility index (Phi) is 7.74. The molecule has 0 bridgehead atoms. The molecule has 1 N–H and O–H groups in total. The van der Waals surface area contributed by atoms with Gasteiger partial charge >= 0.3 is 0 Å². The molecule has 2 fully saturated rings. The van der Waals surface area contributed by atoms with Crippen molar-refractivity contribution < 1.29 is 18.0 Å². The van der Waals surface area contributed by atoms with Crippen molar-refractivity contribution in [1.82, 2.24) is 10.2 Å². The van der Waals surface area contributed by atoms with Crippen molar-refractivity contribution in [2.75, 3.05) is 60.5 Å². The highest BCUT2D eigenvalue weighted by molar-refractivity contribution is 7.91. The first kappa shape index (κ1) is 27.4. The maximum atomic E-state index is 12.8. The van der Waals surface area contributed by atoms with Gasteiger partial charge in [-0.1, -0.05) is 17.7 Å². The molecule has 2 aromatic carbocycles. The number of nitrogens with one attached hydrogen (secondary N) is 1. The van der Waals surface area contributed by atoms with Crippen molar-refractivity contribution >= 4 is 32.7 Å². The molecule has 2 saturated heterocycles. The lowest BCUT2D eigenvalue weighted by atomic mass is 10.1. The second-order valence-corrected chi connectivity index (χ2v) is 13.1. The third kappa shape index (κ3) is 6.27. The summed E-state index contributed by atoms with van der Waals surface area (Å²) in [6.45, 7) is 5.07. The molecule has 10 nitrogen and oxygen atoms in total. The number of benzene rings is 2. The van der Waals surface area contributed by atoms with Crippen LogP contribution < -0.4 is 26.0 Å². The minimum Gasteiger partial charge on any atom is -0.386 e. The summed E-state index contributed by atoms with van der Waals surface area (Å²) >= 11 is 0. The fourth-order valence-electron chi connectivity index (χ4n) is 5.56. The molecule has 41 heavy (non-hydrogen) atoms. The van der Waals surface area contributed by atoms with Crippen molar-refractivity contribution in [2.24, 2.45) is 0 Å². The van der Waals surface area contributed by atoms with E-state index in [1.54, 1.807) is 21.7 Å². The van der Waals surface area contributed by atoms with Crippen LogP contribution in [0.3, 0.4) is 0 Å². The van der Waals surface area contributed by atoms with Gasteiger partial charge in [0.1, 0.15) is 9.84 Å². The van der Waals surface area contributed by atoms with Crippen molar-refractivity contribution in [3.05, 3.63) is 94.5 Å². The SMILES string of the molecule is CS(=O)(=O)C1CCN(c2cccc(Cn3cc(N4C=C(c5ccc(N6CCOCC6)cc5)ON4)ccc3=O)c2)CC1. The fourth-order valence-corrected chi connectivity index (χ4v) is 6.63. The van der Waals surface area contributed by atoms with Gasteiger partial charge in [-0.3, -0.25) is 4.79 Å². The fraction of sp³-hybridized carbons (Fsp3) is 0.367. The van der Waals surface area contributed by atoms with Crippen molar-refractivity contribution in [2.45, 2.75) is 24.6 Å². The zero-order valence-corrected chi connectivity index (χ0v) is 23.9. The minimum absolute atomic E-state index is 0.101. The number of morpholine rings is 1. The number of pyridine rings is 1. The molecule has 11 heteroatoms. The monoisotopic (exact) mass is 577 g/mol. The molecule has 3 aromatic rings. The Bertz CT molecular complexity index is 1570. The Balaban J connectivity index is 1.14. The van der Waals surface area contributed by atoms with E-state index in [0.717, 1.165) is 54.5 Å². The van der Waals surface area contributed by atoms with Gasteiger partial charge in [0.05, 0.1) is 36.9 Å². The summed E-state index contributed by atoms with van der Waals surface area (Å²) in [6.07, 6.45) is 6.26. The van der Waals surface area contributed by atoms with Gasteiger partial charge in [-0.2, -0.15) is 0 Å². The number of nitrogens with zero attached hydrogens (tertiary/aromatic N) is 4. The maximum absolute atomic E-state index is 12.8. The van der Waals surface area contributed by atoms with Crippen LogP contribution >= 0.6 is 0 Å². The number of hydrogen-bond donors (Lipinski definition) is 1. The lowest BCUT2D eigenvalue weighted by molar-refractivity contribution is 0.122. The second-order valence-electron chi connectivity index (χ2n) is 10.7. The van der Waals surface area contributed by atoms with Crippen LogP contribution in [0.25, 0.3) is 5.76 Å². The van der Waals surface area contributed by atoms with Crippen LogP contribution in [0.5, 0.6) is 0 Å². The van der Waals surface area contributed by atoms with Crippen molar-refractivity contribution in [3.63, 3.8) is 0 Å². The van der Waals surface area contributed by atoms with Crippen LogP contribution in [-0.2, 0) is 26.0 Å². The highest BCUT2D eigenvalue weighted by Crippen LogP contribution is 2.27. The molecule has 6 rings (SSSR count).